The summed E-state index contributed by atoms with van der Waals surface area (Å²) in [6, 6.07) is -0.780. The predicted molar refractivity (Wildman–Crippen MR) is 57.7 cm³/mol. The Morgan fingerprint density at radius 2 is 2.20 bits per heavy atom. The van der Waals surface area contributed by atoms with Crippen molar-refractivity contribution in [2.75, 3.05) is 0 Å². The van der Waals surface area contributed by atoms with Gasteiger partial charge < -0.3 is 14.8 Å². The second-order valence-electron chi connectivity index (χ2n) is 4.75. The first kappa shape index (κ1) is 14.6. The smallest absolute Gasteiger partial charge is 0.393 e. The van der Waals surface area contributed by atoms with Crippen LogP contribution in [0.3, 0.4) is 0 Å². The van der Waals surface area contributed by atoms with E-state index in [-0.39, 0.29) is 5.89 Å². The third-order valence-corrected chi connectivity index (χ3v) is 3.06. The van der Waals surface area contributed by atoms with Crippen molar-refractivity contribution in [1.29, 1.82) is 0 Å². The van der Waals surface area contributed by atoms with E-state index in [1.165, 1.54) is 6.92 Å². The van der Waals surface area contributed by atoms with Gasteiger partial charge in [0.25, 0.3) is 0 Å². The molecule has 1 aliphatic rings. The molecule has 0 unspecified atom stereocenters. The fraction of sp³-hybridized carbons (Fsp3) is 0.700. The molecule has 2 rings (SSSR count). The van der Waals surface area contributed by atoms with Crippen molar-refractivity contribution < 1.29 is 27.5 Å². The molecule has 0 aliphatic heterocycles. The molecule has 1 fully saturated rings. The molecule has 0 aromatic carbocycles. The summed E-state index contributed by atoms with van der Waals surface area (Å²) < 4.78 is 42.4. The van der Waals surface area contributed by atoms with E-state index in [2.05, 4.69) is 14.8 Å². The van der Waals surface area contributed by atoms with Crippen molar-refractivity contribution in [3.05, 3.63) is 16.4 Å². The van der Waals surface area contributed by atoms with Gasteiger partial charge in [-0.2, -0.15) is 17.9 Å². The average Bonchev–Trinajstić information content (AvgIpc) is 2.53. The average molecular weight is 295 g/mol. The summed E-state index contributed by atoms with van der Waals surface area (Å²) in [5.74, 6) is -1.41. The molecule has 0 spiro atoms. The van der Waals surface area contributed by atoms with E-state index in [0.29, 0.717) is 0 Å². The molecular formula is C10H12F3N3O4. The van der Waals surface area contributed by atoms with Crippen LogP contribution in [0.5, 0.6) is 0 Å². The number of rotatable bonds is 3. The van der Waals surface area contributed by atoms with E-state index in [1.807, 2.05) is 0 Å². The normalized spacial score (nSPS) is 26.1. The quantitative estimate of drug-likeness (QED) is 0.799. The Balaban J connectivity index is 1.86. The molecule has 20 heavy (non-hydrogen) atoms. The van der Waals surface area contributed by atoms with Gasteiger partial charge in [0.15, 0.2) is 5.60 Å². The summed E-state index contributed by atoms with van der Waals surface area (Å²) in [5, 5.41) is 15.1. The van der Waals surface area contributed by atoms with Gasteiger partial charge in [-0.25, -0.2) is 4.79 Å². The van der Waals surface area contributed by atoms with Gasteiger partial charge in [-0.05, 0) is 0 Å². The van der Waals surface area contributed by atoms with Crippen LogP contribution in [0.15, 0.2) is 9.21 Å². The van der Waals surface area contributed by atoms with Crippen LogP contribution < -0.4 is 11.1 Å². The highest BCUT2D eigenvalue weighted by Crippen LogP contribution is 2.45. The molecule has 0 atom stereocenters. The van der Waals surface area contributed by atoms with Crippen molar-refractivity contribution >= 4 is 5.91 Å². The zero-order chi connectivity index (χ0) is 15.1. The van der Waals surface area contributed by atoms with E-state index in [0.717, 1.165) is 4.68 Å². The maximum Gasteiger partial charge on any atom is 0.437 e. The summed E-state index contributed by atoms with van der Waals surface area (Å²) in [5.41, 5.74) is -2.74. The lowest BCUT2D eigenvalue weighted by molar-refractivity contribution is -0.291. The number of aryl methyl sites for hydroxylation is 1. The number of nitrogens with one attached hydrogen (secondary N) is 1. The van der Waals surface area contributed by atoms with Gasteiger partial charge in [0.2, 0.25) is 11.8 Å². The molecular weight excluding hydrogens is 283 g/mol. The van der Waals surface area contributed by atoms with E-state index in [4.69, 9.17) is 0 Å². The lowest BCUT2D eigenvalue weighted by atomic mass is 9.75. The number of alkyl halides is 3. The topological polar surface area (TPSA) is 97.4 Å². The van der Waals surface area contributed by atoms with E-state index in [1.54, 1.807) is 0 Å². The third-order valence-electron chi connectivity index (χ3n) is 3.06. The molecule has 2 N–H and O–H groups in total. The molecule has 1 aromatic heterocycles. The summed E-state index contributed by atoms with van der Waals surface area (Å²) in [7, 11) is 0. The van der Waals surface area contributed by atoms with Crippen LogP contribution in [-0.2, 0) is 11.3 Å². The lowest BCUT2D eigenvalue weighted by Gasteiger charge is -2.44. The molecule has 10 heteroatoms. The van der Waals surface area contributed by atoms with Crippen LogP contribution >= 0.6 is 0 Å². The second-order valence-corrected chi connectivity index (χ2v) is 4.75. The second kappa shape index (κ2) is 4.62. The molecule has 0 radical (unpaired) electrons. The predicted octanol–water partition coefficient (Wildman–Crippen LogP) is -0.283. The molecule has 0 bridgehead atoms. The largest absolute Gasteiger partial charge is 0.437 e. The van der Waals surface area contributed by atoms with E-state index in [9.17, 15) is 27.9 Å². The van der Waals surface area contributed by atoms with Crippen molar-refractivity contribution in [2.45, 2.75) is 44.1 Å². The Labute approximate surface area is 110 Å². The van der Waals surface area contributed by atoms with Gasteiger partial charge in [-0.3, -0.25) is 4.79 Å². The molecule has 1 saturated carbocycles. The zero-order valence-electron chi connectivity index (χ0n) is 10.4. The molecule has 112 valence electrons. The fourth-order valence-electron chi connectivity index (χ4n) is 2.01. The van der Waals surface area contributed by atoms with E-state index >= 15 is 0 Å². The Hall–Kier alpha value is -1.84. The molecule has 1 aromatic rings. The van der Waals surface area contributed by atoms with Crippen LogP contribution in [0.4, 0.5) is 13.2 Å². The Morgan fingerprint density at radius 3 is 2.65 bits per heavy atom. The summed E-state index contributed by atoms with van der Waals surface area (Å²) >= 11 is 0. The summed E-state index contributed by atoms with van der Waals surface area (Å²) in [6.45, 7) is 0.975. The molecule has 0 saturated heterocycles. The first-order valence-corrected chi connectivity index (χ1v) is 5.74. The molecule has 1 heterocycles. The number of hydrogen-bond acceptors (Lipinski definition) is 5. The number of carbonyl (C=O) groups excluding carboxylic acids is 1. The summed E-state index contributed by atoms with van der Waals surface area (Å²) in [6.07, 6.45) is -5.92. The monoisotopic (exact) mass is 295 g/mol. The van der Waals surface area contributed by atoms with Crippen LogP contribution in [0.25, 0.3) is 0 Å². The maximum absolute atomic E-state index is 12.4. The number of halogens is 3. The third kappa shape index (κ3) is 2.69. The maximum atomic E-state index is 12.4. The highest BCUT2D eigenvalue weighted by atomic mass is 19.4. The number of amides is 1. The van der Waals surface area contributed by atoms with Crippen LogP contribution in [0.2, 0.25) is 0 Å². The molecule has 1 amide bonds. The van der Waals surface area contributed by atoms with Gasteiger partial charge in [0.1, 0.15) is 6.54 Å². The highest BCUT2D eigenvalue weighted by Gasteiger charge is 2.61. The molecule has 1 aliphatic carbocycles. The summed E-state index contributed by atoms with van der Waals surface area (Å²) in [4.78, 5) is 22.7. The number of hydrogen-bond donors (Lipinski definition) is 2. The number of aliphatic hydroxyl groups is 1. The van der Waals surface area contributed by atoms with Crippen molar-refractivity contribution in [2.24, 2.45) is 0 Å². The van der Waals surface area contributed by atoms with Gasteiger partial charge in [0.05, 0.1) is 0 Å². The van der Waals surface area contributed by atoms with Gasteiger partial charge >= 0.3 is 11.9 Å². The van der Waals surface area contributed by atoms with Crippen molar-refractivity contribution in [3.8, 4) is 0 Å². The lowest BCUT2D eigenvalue weighted by Crippen LogP contribution is -2.62. The van der Waals surface area contributed by atoms with Crippen molar-refractivity contribution in [3.63, 3.8) is 0 Å². The van der Waals surface area contributed by atoms with E-state index < -0.39 is 48.9 Å². The Kier molecular flexibility index (Phi) is 3.36. The minimum Gasteiger partial charge on any atom is -0.393 e. The Morgan fingerprint density at radius 1 is 1.60 bits per heavy atom. The van der Waals surface area contributed by atoms with Crippen LogP contribution in [0.1, 0.15) is 18.7 Å². The SMILES string of the molecule is Cc1nn(CC(=O)NC2CC(O)(C(F)(F)F)C2)c(=O)o1. The zero-order valence-corrected chi connectivity index (χ0v) is 10.4. The van der Waals surface area contributed by atoms with Crippen LogP contribution in [-0.4, -0.2) is 38.6 Å². The van der Waals surface area contributed by atoms with Gasteiger partial charge in [-0.15, -0.1) is 5.10 Å². The number of aromatic nitrogens is 2. The fourth-order valence-corrected chi connectivity index (χ4v) is 2.01. The van der Waals surface area contributed by atoms with Crippen molar-refractivity contribution in [1.82, 2.24) is 15.1 Å². The standard InChI is InChI=1S/C10H12F3N3O4/c1-5-15-16(8(18)20-5)4-7(17)14-6-2-9(19,3-6)10(11,12)13/h6,19H,2-4H2,1H3,(H,14,17). The number of carbonyl (C=O) groups is 1. The molecule has 7 nitrogen and oxygen atoms in total. The first-order valence-electron chi connectivity index (χ1n) is 5.74. The minimum atomic E-state index is -4.71. The minimum absolute atomic E-state index is 0.0814. The number of nitrogens with zero attached hydrogens (tertiary/aromatic N) is 2. The van der Waals surface area contributed by atoms with Crippen LogP contribution in [0, 0.1) is 6.92 Å². The van der Waals surface area contributed by atoms with Gasteiger partial charge in [-0.1, -0.05) is 0 Å². The van der Waals surface area contributed by atoms with Gasteiger partial charge in [0, 0.05) is 25.8 Å². The first-order chi connectivity index (χ1) is 9.10. The Bertz CT molecular complexity index is 571. The highest BCUT2D eigenvalue weighted by molar-refractivity contribution is 5.76.